The summed E-state index contributed by atoms with van der Waals surface area (Å²) >= 11 is 0. The molecule has 2 atom stereocenters. The lowest BCUT2D eigenvalue weighted by Gasteiger charge is -2.37. The van der Waals surface area contributed by atoms with Crippen molar-refractivity contribution in [1.29, 1.82) is 0 Å². The van der Waals surface area contributed by atoms with Crippen molar-refractivity contribution in [3.05, 3.63) is 0 Å². The van der Waals surface area contributed by atoms with Crippen LogP contribution in [0.2, 0.25) is 0 Å². The SMILES string of the molecule is CC1COCCN1C(CCN)C(=O)O. The summed E-state index contributed by atoms with van der Waals surface area (Å²) in [6.07, 6.45) is 0.500. The molecule has 0 saturated carbocycles. The minimum Gasteiger partial charge on any atom is -0.480 e. The van der Waals surface area contributed by atoms with Gasteiger partial charge in [0.2, 0.25) is 0 Å². The van der Waals surface area contributed by atoms with E-state index in [-0.39, 0.29) is 6.04 Å². The Balaban J connectivity index is 2.60. The minimum absolute atomic E-state index is 0.163. The van der Waals surface area contributed by atoms with Gasteiger partial charge in [-0.05, 0) is 19.9 Å². The average molecular weight is 202 g/mol. The van der Waals surface area contributed by atoms with Crippen molar-refractivity contribution in [1.82, 2.24) is 4.90 Å². The summed E-state index contributed by atoms with van der Waals surface area (Å²) in [5.74, 6) is -0.788. The van der Waals surface area contributed by atoms with E-state index < -0.39 is 12.0 Å². The first-order valence-electron chi connectivity index (χ1n) is 4.93. The van der Waals surface area contributed by atoms with Crippen LogP contribution in [0.4, 0.5) is 0 Å². The first-order chi connectivity index (χ1) is 6.66. The lowest BCUT2D eigenvalue weighted by Crippen LogP contribution is -2.52. The Morgan fingerprint density at radius 2 is 2.50 bits per heavy atom. The van der Waals surface area contributed by atoms with E-state index in [1.165, 1.54) is 0 Å². The number of ether oxygens (including phenoxy) is 1. The molecule has 2 unspecified atom stereocenters. The van der Waals surface area contributed by atoms with Crippen LogP contribution in [0.3, 0.4) is 0 Å². The number of nitrogens with two attached hydrogens (primary N) is 1. The second kappa shape index (κ2) is 5.29. The second-order valence-corrected chi connectivity index (χ2v) is 3.59. The maximum atomic E-state index is 11.0. The van der Waals surface area contributed by atoms with Gasteiger partial charge in [-0.1, -0.05) is 0 Å². The quantitative estimate of drug-likeness (QED) is 0.643. The molecule has 0 aromatic carbocycles. The van der Waals surface area contributed by atoms with Crippen LogP contribution in [-0.4, -0.2) is 54.4 Å². The van der Waals surface area contributed by atoms with Gasteiger partial charge in [0.15, 0.2) is 0 Å². The average Bonchev–Trinajstić information content (AvgIpc) is 2.15. The summed E-state index contributed by atoms with van der Waals surface area (Å²) in [6, 6.07) is -0.296. The highest BCUT2D eigenvalue weighted by atomic mass is 16.5. The molecule has 5 nitrogen and oxygen atoms in total. The summed E-state index contributed by atoms with van der Waals surface area (Å²) in [5, 5.41) is 9.04. The molecule has 82 valence electrons. The molecule has 5 heteroatoms. The molecule has 1 rings (SSSR count). The summed E-state index contributed by atoms with van der Waals surface area (Å²) in [5.41, 5.74) is 5.40. The molecule has 1 aliphatic heterocycles. The maximum absolute atomic E-state index is 11.0. The molecule has 1 fully saturated rings. The van der Waals surface area contributed by atoms with Crippen LogP contribution in [0, 0.1) is 0 Å². The van der Waals surface area contributed by atoms with Gasteiger partial charge in [0.05, 0.1) is 13.2 Å². The van der Waals surface area contributed by atoms with Crippen molar-refractivity contribution in [3.63, 3.8) is 0 Å². The number of hydrogen-bond donors (Lipinski definition) is 2. The van der Waals surface area contributed by atoms with Crippen LogP contribution in [0.1, 0.15) is 13.3 Å². The Kier molecular flexibility index (Phi) is 4.31. The molecule has 14 heavy (non-hydrogen) atoms. The van der Waals surface area contributed by atoms with Crippen LogP contribution < -0.4 is 5.73 Å². The van der Waals surface area contributed by atoms with Crippen LogP contribution in [0.5, 0.6) is 0 Å². The number of carbonyl (C=O) groups is 1. The molecular weight excluding hydrogens is 184 g/mol. The van der Waals surface area contributed by atoms with Gasteiger partial charge < -0.3 is 15.6 Å². The predicted molar refractivity (Wildman–Crippen MR) is 52.1 cm³/mol. The monoisotopic (exact) mass is 202 g/mol. The molecule has 1 heterocycles. The van der Waals surface area contributed by atoms with Crippen molar-refractivity contribution >= 4 is 5.97 Å². The highest BCUT2D eigenvalue weighted by Crippen LogP contribution is 2.13. The summed E-state index contributed by atoms with van der Waals surface area (Å²) in [7, 11) is 0. The Labute approximate surface area is 83.8 Å². The molecule has 0 aromatic heterocycles. The van der Waals surface area contributed by atoms with E-state index in [0.717, 1.165) is 0 Å². The zero-order valence-electron chi connectivity index (χ0n) is 8.48. The van der Waals surface area contributed by atoms with Gasteiger partial charge in [-0.25, -0.2) is 0 Å². The number of morpholine rings is 1. The molecular formula is C9H18N2O3. The van der Waals surface area contributed by atoms with Crippen LogP contribution in [-0.2, 0) is 9.53 Å². The Morgan fingerprint density at radius 1 is 1.79 bits per heavy atom. The summed E-state index contributed by atoms with van der Waals surface area (Å²) in [4.78, 5) is 13.0. The highest BCUT2D eigenvalue weighted by Gasteiger charge is 2.30. The van der Waals surface area contributed by atoms with Gasteiger partial charge in [-0.2, -0.15) is 0 Å². The van der Waals surface area contributed by atoms with Gasteiger partial charge in [-0.15, -0.1) is 0 Å². The third-order valence-electron chi connectivity index (χ3n) is 2.54. The molecule has 0 bridgehead atoms. The molecule has 0 amide bonds. The fraction of sp³-hybridized carbons (Fsp3) is 0.889. The number of aliphatic carboxylic acids is 1. The van der Waals surface area contributed by atoms with Gasteiger partial charge in [0.1, 0.15) is 6.04 Å². The Hall–Kier alpha value is -0.650. The van der Waals surface area contributed by atoms with Crippen LogP contribution in [0.25, 0.3) is 0 Å². The zero-order chi connectivity index (χ0) is 10.6. The summed E-state index contributed by atoms with van der Waals surface area (Å²) < 4.78 is 5.25. The molecule has 1 saturated heterocycles. The van der Waals surface area contributed by atoms with Crippen molar-refractivity contribution in [3.8, 4) is 0 Å². The second-order valence-electron chi connectivity index (χ2n) is 3.59. The van der Waals surface area contributed by atoms with E-state index in [1.807, 2.05) is 11.8 Å². The zero-order valence-corrected chi connectivity index (χ0v) is 8.48. The van der Waals surface area contributed by atoms with Crippen molar-refractivity contribution in [2.45, 2.75) is 25.4 Å². The third kappa shape index (κ3) is 2.67. The van der Waals surface area contributed by atoms with Crippen molar-refractivity contribution < 1.29 is 14.6 Å². The van der Waals surface area contributed by atoms with E-state index in [2.05, 4.69) is 0 Å². The molecule has 1 aliphatic rings. The summed E-state index contributed by atoms with van der Waals surface area (Å²) in [6.45, 7) is 4.28. The molecule has 0 spiro atoms. The lowest BCUT2D eigenvalue weighted by atomic mass is 10.1. The highest BCUT2D eigenvalue weighted by molar-refractivity contribution is 5.73. The first kappa shape index (κ1) is 11.4. The van der Waals surface area contributed by atoms with E-state index in [1.54, 1.807) is 0 Å². The van der Waals surface area contributed by atoms with Crippen LogP contribution >= 0.6 is 0 Å². The minimum atomic E-state index is -0.788. The topological polar surface area (TPSA) is 75.8 Å². The van der Waals surface area contributed by atoms with Crippen LogP contribution in [0.15, 0.2) is 0 Å². The van der Waals surface area contributed by atoms with Gasteiger partial charge in [0, 0.05) is 12.6 Å². The maximum Gasteiger partial charge on any atom is 0.320 e. The number of nitrogens with zero attached hydrogens (tertiary/aromatic N) is 1. The number of rotatable bonds is 4. The molecule has 0 aliphatic carbocycles. The van der Waals surface area contributed by atoms with Gasteiger partial charge >= 0.3 is 5.97 Å². The van der Waals surface area contributed by atoms with Gasteiger partial charge in [-0.3, -0.25) is 9.69 Å². The fourth-order valence-electron chi connectivity index (χ4n) is 1.79. The Bertz CT molecular complexity index is 198. The first-order valence-corrected chi connectivity index (χ1v) is 4.93. The fourth-order valence-corrected chi connectivity index (χ4v) is 1.79. The number of hydrogen-bond acceptors (Lipinski definition) is 4. The van der Waals surface area contributed by atoms with Crippen molar-refractivity contribution in [2.24, 2.45) is 5.73 Å². The lowest BCUT2D eigenvalue weighted by molar-refractivity contribution is -0.147. The molecule has 0 radical (unpaired) electrons. The number of carboxylic acids is 1. The van der Waals surface area contributed by atoms with E-state index in [0.29, 0.717) is 32.7 Å². The largest absolute Gasteiger partial charge is 0.480 e. The third-order valence-corrected chi connectivity index (χ3v) is 2.54. The predicted octanol–water partition coefficient (Wildman–Crippen LogP) is -0.491. The number of carboxylic acid groups (broad SMARTS) is 1. The normalized spacial score (nSPS) is 26.0. The molecule has 3 N–H and O–H groups in total. The standard InChI is InChI=1S/C9H18N2O3/c1-7-6-14-5-4-11(7)8(2-3-10)9(12)13/h7-8H,2-6,10H2,1H3,(H,12,13). The van der Waals surface area contributed by atoms with Crippen molar-refractivity contribution in [2.75, 3.05) is 26.3 Å². The van der Waals surface area contributed by atoms with Gasteiger partial charge in [0.25, 0.3) is 0 Å². The molecule has 0 aromatic rings. The van der Waals surface area contributed by atoms with E-state index in [9.17, 15) is 4.79 Å². The van der Waals surface area contributed by atoms with E-state index in [4.69, 9.17) is 15.6 Å². The Morgan fingerprint density at radius 3 is 3.00 bits per heavy atom. The van der Waals surface area contributed by atoms with E-state index >= 15 is 0 Å². The smallest absolute Gasteiger partial charge is 0.320 e.